The molecule has 0 unspecified atom stereocenters. The van der Waals surface area contributed by atoms with E-state index in [0.29, 0.717) is 0 Å². The van der Waals surface area contributed by atoms with Gasteiger partial charge in [-0.15, -0.1) is 5.10 Å². The van der Waals surface area contributed by atoms with E-state index in [4.69, 9.17) is 11.6 Å². The second kappa shape index (κ2) is 2.84. The third-order valence-corrected chi connectivity index (χ3v) is 1.93. The average Bonchev–Trinajstić information content (AvgIpc) is 2.47. The molecule has 0 bridgehead atoms. The normalized spacial score (nSPS) is 12.3. The number of alkyl halides is 3. The van der Waals surface area contributed by atoms with Crippen molar-refractivity contribution in [3.63, 3.8) is 0 Å². The van der Waals surface area contributed by atoms with Crippen LogP contribution in [0.1, 0.15) is 5.56 Å². The summed E-state index contributed by atoms with van der Waals surface area (Å²) in [4.78, 5) is 0. The molecule has 0 radical (unpaired) electrons. The first-order valence-electron chi connectivity index (χ1n) is 3.56. The van der Waals surface area contributed by atoms with Gasteiger partial charge in [-0.25, -0.2) is 0 Å². The Bertz CT molecular complexity index is 476. The highest BCUT2D eigenvalue weighted by atomic mass is 35.5. The standard InChI is InChI=1S/C7H3ClF3N3/c8-3-1-4(7(9,10)11)6-5(2-3)12-14-13-6/h1-2H,(H,12,13,14). The smallest absolute Gasteiger partial charge is 0.257 e. The molecule has 0 fully saturated rings. The molecule has 1 heterocycles. The van der Waals surface area contributed by atoms with E-state index in [9.17, 15) is 13.2 Å². The second-order valence-corrected chi connectivity index (χ2v) is 3.09. The van der Waals surface area contributed by atoms with Crippen molar-refractivity contribution in [1.82, 2.24) is 15.4 Å². The highest BCUT2D eigenvalue weighted by Gasteiger charge is 2.34. The third-order valence-electron chi connectivity index (χ3n) is 1.71. The predicted molar refractivity (Wildman–Crippen MR) is 43.9 cm³/mol. The number of benzene rings is 1. The van der Waals surface area contributed by atoms with Crippen LogP contribution in [-0.4, -0.2) is 15.4 Å². The quantitative estimate of drug-likeness (QED) is 0.743. The Morgan fingerprint density at radius 2 is 2.00 bits per heavy atom. The van der Waals surface area contributed by atoms with Crippen LogP contribution in [-0.2, 0) is 6.18 Å². The summed E-state index contributed by atoms with van der Waals surface area (Å²) in [6, 6.07) is 2.15. The predicted octanol–water partition coefficient (Wildman–Crippen LogP) is 2.63. The summed E-state index contributed by atoms with van der Waals surface area (Å²) in [6.07, 6.45) is -4.46. The van der Waals surface area contributed by atoms with Gasteiger partial charge in [0.15, 0.2) is 0 Å². The Kier molecular flexibility index (Phi) is 1.88. The maximum atomic E-state index is 12.4. The van der Waals surface area contributed by atoms with Crippen molar-refractivity contribution in [3.05, 3.63) is 22.7 Å². The van der Waals surface area contributed by atoms with Gasteiger partial charge in [0.05, 0.1) is 11.1 Å². The van der Waals surface area contributed by atoms with Crippen LogP contribution in [0.4, 0.5) is 13.2 Å². The Morgan fingerprint density at radius 3 is 2.64 bits per heavy atom. The molecule has 2 aromatic rings. The average molecular weight is 222 g/mol. The molecule has 0 aliphatic heterocycles. The summed E-state index contributed by atoms with van der Waals surface area (Å²) in [7, 11) is 0. The van der Waals surface area contributed by atoms with Gasteiger partial charge in [0.2, 0.25) is 0 Å². The molecule has 1 aromatic carbocycles. The van der Waals surface area contributed by atoms with Crippen LogP contribution in [0, 0.1) is 0 Å². The first kappa shape index (κ1) is 9.26. The summed E-state index contributed by atoms with van der Waals surface area (Å²) in [5.41, 5.74) is -0.906. The SMILES string of the molecule is FC(F)(F)c1cc(Cl)cc2nn[nH]c12. The van der Waals surface area contributed by atoms with Crippen molar-refractivity contribution < 1.29 is 13.2 Å². The van der Waals surface area contributed by atoms with Crippen LogP contribution in [0.3, 0.4) is 0 Å². The van der Waals surface area contributed by atoms with Gasteiger partial charge in [-0.2, -0.15) is 13.2 Å². The summed E-state index contributed by atoms with van der Waals surface area (Å²) in [5, 5.41) is 8.91. The monoisotopic (exact) mass is 221 g/mol. The number of nitrogens with zero attached hydrogens (tertiary/aromatic N) is 2. The lowest BCUT2D eigenvalue weighted by atomic mass is 10.2. The molecule has 0 saturated carbocycles. The minimum atomic E-state index is -4.46. The first-order valence-corrected chi connectivity index (χ1v) is 3.94. The number of H-pyrrole nitrogens is 1. The number of nitrogens with one attached hydrogen (secondary N) is 1. The van der Waals surface area contributed by atoms with E-state index in [1.807, 2.05) is 0 Å². The van der Waals surface area contributed by atoms with Crippen LogP contribution >= 0.6 is 11.6 Å². The molecule has 2 rings (SSSR count). The fourth-order valence-electron chi connectivity index (χ4n) is 1.14. The van der Waals surface area contributed by atoms with Crippen molar-refractivity contribution in [2.45, 2.75) is 6.18 Å². The highest BCUT2D eigenvalue weighted by Crippen LogP contribution is 2.35. The van der Waals surface area contributed by atoms with E-state index >= 15 is 0 Å². The number of aromatic nitrogens is 3. The van der Waals surface area contributed by atoms with E-state index in [0.717, 1.165) is 6.07 Å². The molecule has 3 nitrogen and oxygen atoms in total. The van der Waals surface area contributed by atoms with E-state index in [1.54, 1.807) is 0 Å². The van der Waals surface area contributed by atoms with Crippen molar-refractivity contribution in [2.24, 2.45) is 0 Å². The Hall–Kier alpha value is -1.30. The van der Waals surface area contributed by atoms with Crippen LogP contribution in [0.5, 0.6) is 0 Å². The van der Waals surface area contributed by atoms with Crippen LogP contribution in [0.15, 0.2) is 12.1 Å². The molecule has 1 aromatic heterocycles. The number of hydrogen-bond donors (Lipinski definition) is 1. The summed E-state index contributed by atoms with van der Waals surface area (Å²) >= 11 is 5.51. The van der Waals surface area contributed by atoms with E-state index < -0.39 is 11.7 Å². The van der Waals surface area contributed by atoms with Gasteiger partial charge in [-0.1, -0.05) is 16.8 Å². The molecule has 0 spiro atoms. The largest absolute Gasteiger partial charge is 0.418 e. The highest BCUT2D eigenvalue weighted by molar-refractivity contribution is 6.31. The number of hydrogen-bond acceptors (Lipinski definition) is 2. The first-order chi connectivity index (χ1) is 6.48. The van der Waals surface area contributed by atoms with E-state index in [1.165, 1.54) is 6.07 Å². The van der Waals surface area contributed by atoms with Crippen molar-refractivity contribution in [3.8, 4) is 0 Å². The summed E-state index contributed by atoms with van der Waals surface area (Å²) in [5.74, 6) is 0. The lowest BCUT2D eigenvalue weighted by Crippen LogP contribution is -2.05. The van der Waals surface area contributed by atoms with Gasteiger partial charge < -0.3 is 0 Å². The zero-order valence-corrected chi connectivity index (χ0v) is 7.32. The van der Waals surface area contributed by atoms with Crippen LogP contribution in [0.2, 0.25) is 5.02 Å². The van der Waals surface area contributed by atoms with Gasteiger partial charge in [0.1, 0.15) is 5.52 Å². The van der Waals surface area contributed by atoms with Crippen molar-refractivity contribution in [2.75, 3.05) is 0 Å². The maximum absolute atomic E-state index is 12.4. The molecular formula is C7H3ClF3N3. The van der Waals surface area contributed by atoms with Gasteiger partial charge in [-0.05, 0) is 12.1 Å². The third kappa shape index (κ3) is 1.41. The van der Waals surface area contributed by atoms with E-state index in [-0.39, 0.29) is 16.1 Å². The Balaban J connectivity index is 2.80. The van der Waals surface area contributed by atoms with Crippen LogP contribution < -0.4 is 0 Å². The molecule has 0 amide bonds. The Labute approximate surface area is 80.9 Å². The van der Waals surface area contributed by atoms with Crippen molar-refractivity contribution >= 4 is 22.6 Å². The number of aromatic amines is 1. The molecule has 0 atom stereocenters. The molecule has 1 N–H and O–H groups in total. The fourth-order valence-corrected chi connectivity index (χ4v) is 1.35. The summed E-state index contributed by atoms with van der Waals surface area (Å²) < 4.78 is 37.3. The fraction of sp³-hybridized carbons (Fsp3) is 0.143. The molecule has 7 heteroatoms. The number of fused-ring (bicyclic) bond motifs is 1. The van der Waals surface area contributed by atoms with Gasteiger partial charge in [0.25, 0.3) is 0 Å². The topological polar surface area (TPSA) is 41.6 Å². The number of halogens is 4. The molecule has 14 heavy (non-hydrogen) atoms. The van der Waals surface area contributed by atoms with Crippen molar-refractivity contribution in [1.29, 1.82) is 0 Å². The zero-order chi connectivity index (χ0) is 10.3. The molecule has 74 valence electrons. The van der Waals surface area contributed by atoms with Crippen LogP contribution in [0.25, 0.3) is 11.0 Å². The lowest BCUT2D eigenvalue weighted by molar-refractivity contribution is -0.136. The maximum Gasteiger partial charge on any atom is 0.418 e. The molecule has 0 saturated heterocycles. The van der Waals surface area contributed by atoms with Gasteiger partial charge >= 0.3 is 6.18 Å². The molecular weight excluding hydrogens is 219 g/mol. The minimum absolute atomic E-state index is 0.0151. The number of rotatable bonds is 0. The minimum Gasteiger partial charge on any atom is -0.257 e. The second-order valence-electron chi connectivity index (χ2n) is 2.66. The summed E-state index contributed by atoms with van der Waals surface area (Å²) in [6.45, 7) is 0. The van der Waals surface area contributed by atoms with E-state index in [2.05, 4.69) is 15.4 Å². The molecule has 0 aliphatic carbocycles. The van der Waals surface area contributed by atoms with Gasteiger partial charge in [-0.3, -0.25) is 5.10 Å². The Morgan fingerprint density at radius 1 is 1.29 bits per heavy atom. The lowest BCUT2D eigenvalue weighted by Gasteiger charge is -2.06. The zero-order valence-electron chi connectivity index (χ0n) is 6.56. The van der Waals surface area contributed by atoms with Gasteiger partial charge in [0, 0.05) is 5.02 Å². The molecule has 0 aliphatic rings.